The van der Waals surface area contributed by atoms with E-state index in [2.05, 4.69) is 10.00 Å². The Balaban J connectivity index is 1.38. The molecular formula is C20H21N5O4. The fourth-order valence-electron chi connectivity index (χ4n) is 3.50. The van der Waals surface area contributed by atoms with E-state index in [1.54, 1.807) is 43.6 Å². The van der Waals surface area contributed by atoms with Crippen LogP contribution in [-0.2, 0) is 6.67 Å². The number of ether oxygens (including phenoxy) is 1. The number of piperazine rings is 1. The number of nitrogens with zero attached hydrogens (tertiary/aromatic N) is 5. The number of nitro groups is 1. The normalized spacial score (nSPS) is 14.9. The van der Waals surface area contributed by atoms with Crippen molar-refractivity contribution in [2.24, 2.45) is 0 Å². The molecule has 150 valence electrons. The van der Waals surface area contributed by atoms with Crippen LogP contribution in [0.15, 0.2) is 48.7 Å². The van der Waals surface area contributed by atoms with Gasteiger partial charge in [0.15, 0.2) is 0 Å². The minimum absolute atomic E-state index is 0.0177. The fraction of sp³-hybridized carbons (Fsp3) is 0.300. The summed E-state index contributed by atoms with van der Waals surface area (Å²) < 4.78 is 6.97. The van der Waals surface area contributed by atoms with Gasteiger partial charge in [0.25, 0.3) is 11.6 Å². The Hall–Kier alpha value is -3.46. The smallest absolute Gasteiger partial charge is 0.270 e. The molecule has 0 unspecified atom stereocenters. The van der Waals surface area contributed by atoms with Gasteiger partial charge >= 0.3 is 0 Å². The molecule has 2 heterocycles. The van der Waals surface area contributed by atoms with Crippen molar-refractivity contribution >= 4 is 22.5 Å². The molecule has 0 aliphatic carbocycles. The van der Waals surface area contributed by atoms with Crippen molar-refractivity contribution in [3.63, 3.8) is 0 Å². The Morgan fingerprint density at radius 1 is 1.14 bits per heavy atom. The fourth-order valence-corrected chi connectivity index (χ4v) is 3.50. The van der Waals surface area contributed by atoms with Gasteiger partial charge in [0.05, 0.1) is 30.4 Å². The lowest BCUT2D eigenvalue weighted by atomic mass is 10.1. The van der Waals surface area contributed by atoms with E-state index in [4.69, 9.17) is 4.74 Å². The van der Waals surface area contributed by atoms with Crippen LogP contribution in [0.1, 0.15) is 10.4 Å². The molecule has 2 aromatic carbocycles. The second kappa shape index (κ2) is 7.88. The molecule has 0 radical (unpaired) electrons. The van der Waals surface area contributed by atoms with Crippen LogP contribution in [-0.4, -0.2) is 63.7 Å². The third-order valence-corrected chi connectivity index (χ3v) is 5.17. The summed E-state index contributed by atoms with van der Waals surface area (Å²) in [6.45, 7) is 3.31. The summed E-state index contributed by atoms with van der Waals surface area (Å²) in [7, 11) is 1.60. The van der Waals surface area contributed by atoms with Gasteiger partial charge in [-0.05, 0) is 30.3 Å². The summed E-state index contributed by atoms with van der Waals surface area (Å²) in [5, 5.41) is 16.0. The Morgan fingerprint density at radius 2 is 1.86 bits per heavy atom. The molecule has 1 aromatic heterocycles. The lowest BCUT2D eigenvalue weighted by Crippen LogP contribution is -2.49. The first kappa shape index (κ1) is 18.9. The van der Waals surface area contributed by atoms with E-state index in [1.165, 1.54) is 12.1 Å². The van der Waals surface area contributed by atoms with Gasteiger partial charge in [-0.2, -0.15) is 5.10 Å². The van der Waals surface area contributed by atoms with E-state index < -0.39 is 4.92 Å². The monoisotopic (exact) mass is 395 g/mol. The topological polar surface area (TPSA) is 93.7 Å². The second-order valence-corrected chi connectivity index (χ2v) is 6.92. The highest BCUT2D eigenvalue weighted by molar-refractivity contribution is 5.94. The number of aromatic nitrogens is 2. The number of hydrogen-bond acceptors (Lipinski definition) is 6. The first-order chi connectivity index (χ1) is 14.0. The molecule has 29 heavy (non-hydrogen) atoms. The van der Waals surface area contributed by atoms with Crippen molar-refractivity contribution < 1.29 is 14.5 Å². The van der Waals surface area contributed by atoms with E-state index >= 15 is 0 Å². The van der Waals surface area contributed by atoms with Gasteiger partial charge in [-0.15, -0.1) is 0 Å². The van der Waals surface area contributed by atoms with Crippen molar-refractivity contribution in [3.05, 3.63) is 64.3 Å². The first-order valence-corrected chi connectivity index (χ1v) is 9.31. The SMILES string of the molecule is COc1ccc(C(=O)N2CCN(Cn3ncc4cc([N+](=O)[O-])ccc43)CC2)cc1. The highest BCUT2D eigenvalue weighted by Gasteiger charge is 2.23. The molecule has 0 atom stereocenters. The van der Waals surface area contributed by atoms with Crippen molar-refractivity contribution in [2.45, 2.75) is 6.67 Å². The first-order valence-electron chi connectivity index (χ1n) is 9.31. The number of nitro benzene ring substituents is 1. The zero-order valence-electron chi connectivity index (χ0n) is 16.0. The molecule has 1 amide bonds. The zero-order chi connectivity index (χ0) is 20.4. The predicted molar refractivity (Wildman–Crippen MR) is 107 cm³/mol. The Labute approximate surface area is 167 Å². The molecule has 0 saturated carbocycles. The van der Waals surface area contributed by atoms with E-state index in [0.29, 0.717) is 25.3 Å². The number of carbonyl (C=O) groups is 1. The number of hydrogen-bond donors (Lipinski definition) is 0. The molecule has 9 nitrogen and oxygen atoms in total. The molecular weight excluding hydrogens is 374 g/mol. The number of benzene rings is 2. The molecule has 0 bridgehead atoms. The van der Waals surface area contributed by atoms with Gasteiger partial charge in [0.1, 0.15) is 5.75 Å². The average molecular weight is 395 g/mol. The Morgan fingerprint density at radius 3 is 2.52 bits per heavy atom. The third kappa shape index (κ3) is 3.90. The van der Waals surface area contributed by atoms with E-state index in [9.17, 15) is 14.9 Å². The van der Waals surface area contributed by atoms with E-state index in [0.717, 1.165) is 29.7 Å². The molecule has 4 rings (SSSR count). The Bertz CT molecular complexity index is 1040. The maximum Gasteiger partial charge on any atom is 0.270 e. The van der Waals surface area contributed by atoms with Gasteiger partial charge in [0, 0.05) is 49.3 Å². The van der Waals surface area contributed by atoms with Crippen molar-refractivity contribution in [1.29, 1.82) is 0 Å². The summed E-state index contributed by atoms with van der Waals surface area (Å²) in [5.41, 5.74) is 1.56. The minimum Gasteiger partial charge on any atom is -0.497 e. The number of methoxy groups -OCH3 is 1. The van der Waals surface area contributed by atoms with Crippen LogP contribution < -0.4 is 4.74 Å². The number of amides is 1. The molecule has 1 aliphatic heterocycles. The largest absolute Gasteiger partial charge is 0.497 e. The molecule has 0 spiro atoms. The number of rotatable bonds is 5. The van der Waals surface area contributed by atoms with Gasteiger partial charge < -0.3 is 9.64 Å². The summed E-state index contributed by atoms with van der Waals surface area (Å²) in [4.78, 5) is 27.3. The molecule has 1 fully saturated rings. The molecule has 1 saturated heterocycles. The molecule has 9 heteroatoms. The van der Waals surface area contributed by atoms with Gasteiger partial charge in [-0.25, -0.2) is 0 Å². The van der Waals surface area contributed by atoms with Gasteiger partial charge in [0.2, 0.25) is 0 Å². The lowest BCUT2D eigenvalue weighted by molar-refractivity contribution is -0.384. The van der Waals surface area contributed by atoms with Gasteiger partial charge in [-0.1, -0.05) is 0 Å². The van der Waals surface area contributed by atoms with Gasteiger partial charge in [-0.3, -0.25) is 24.5 Å². The van der Waals surface area contributed by atoms with Crippen LogP contribution in [0.4, 0.5) is 5.69 Å². The average Bonchev–Trinajstić information content (AvgIpc) is 3.16. The zero-order valence-corrected chi connectivity index (χ0v) is 16.0. The standard InChI is InChI=1S/C20H21N5O4/c1-29-18-5-2-15(3-6-18)20(26)23-10-8-22(9-11-23)14-24-19-7-4-17(25(27)28)12-16(19)13-21-24/h2-7,12-13H,8-11,14H2,1H3. The van der Waals surface area contributed by atoms with Crippen LogP contribution in [0.25, 0.3) is 10.9 Å². The molecule has 0 N–H and O–H groups in total. The van der Waals surface area contributed by atoms with Crippen LogP contribution in [0.2, 0.25) is 0 Å². The predicted octanol–water partition coefficient (Wildman–Crippen LogP) is 2.37. The maximum atomic E-state index is 12.7. The quantitative estimate of drug-likeness (QED) is 0.486. The maximum absolute atomic E-state index is 12.7. The summed E-state index contributed by atoms with van der Waals surface area (Å²) in [6.07, 6.45) is 1.64. The van der Waals surface area contributed by atoms with Crippen LogP contribution in [0.3, 0.4) is 0 Å². The van der Waals surface area contributed by atoms with Crippen LogP contribution in [0, 0.1) is 10.1 Å². The summed E-state index contributed by atoms with van der Waals surface area (Å²) in [5.74, 6) is 0.743. The Kier molecular flexibility index (Phi) is 5.13. The van der Waals surface area contributed by atoms with Crippen molar-refractivity contribution in [1.82, 2.24) is 19.6 Å². The van der Waals surface area contributed by atoms with Crippen LogP contribution in [0.5, 0.6) is 5.75 Å². The van der Waals surface area contributed by atoms with Crippen molar-refractivity contribution in [3.8, 4) is 5.75 Å². The van der Waals surface area contributed by atoms with E-state index in [-0.39, 0.29) is 11.6 Å². The summed E-state index contributed by atoms with van der Waals surface area (Å²) in [6, 6.07) is 11.9. The number of non-ortho nitro benzene ring substituents is 1. The number of fused-ring (bicyclic) bond motifs is 1. The van der Waals surface area contributed by atoms with Crippen molar-refractivity contribution in [2.75, 3.05) is 33.3 Å². The highest BCUT2D eigenvalue weighted by Crippen LogP contribution is 2.21. The minimum atomic E-state index is -0.407. The summed E-state index contributed by atoms with van der Waals surface area (Å²) >= 11 is 0. The second-order valence-electron chi connectivity index (χ2n) is 6.92. The van der Waals surface area contributed by atoms with E-state index in [1.807, 2.05) is 9.58 Å². The number of carbonyl (C=O) groups excluding carboxylic acids is 1. The lowest BCUT2D eigenvalue weighted by Gasteiger charge is -2.34. The highest BCUT2D eigenvalue weighted by atomic mass is 16.6. The molecule has 1 aliphatic rings. The molecule has 3 aromatic rings. The van der Waals surface area contributed by atoms with Crippen LogP contribution >= 0.6 is 0 Å². The third-order valence-electron chi connectivity index (χ3n) is 5.17.